The van der Waals surface area contributed by atoms with Gasteiger partial charge in [-0.2, -0.15) is 0 Å². The molecule has 0 amide bonds. The third-order valence-corrected chi connectivity index (χ3v) is 6.54. The molecular formula is C23H27N5O6. The number of likely N-dealkylation sites (tertiary alicyclic amines) is 1. The van der Waals surface area contributed by atoms with E-state index in [-0.39, 0.29) is 17.1 Å². The van der Waals surface area contributed by atoms with Crippen LogP contribution in [0.5, 0.6) is 0 Å². The molecule has 1 aliphatic heterocycles. The average molecular weight is 469 g/mol. The van der Waals surface area contributed by atoms with Crippen LogP contribution in [0.4, 0.5) is 0 Å². The second-order valence-corrected chi connectivity index (χ2v) is 8.72. The summed E-state index contributed by atoms with van der Waals surface area (Å²) in [7, 11) is 0. The third-order valence-electron chi connectivity index (χ3n) is 6.54. The number of aromatic amines is 1. The van der Waals surface area contributed by atoms with Crippen molar-refractivity contribution in [2.45, 2.75) is 46.8 Å². The number of carboxylic acids is 1. The highest BCUT2D eigenvalue weighted by atomic mass is 16.5. The van der Waals surface area contributed by atoms with Gasteiger partial charge in [-0.3, -0.25) is 19.4 Å². The number of rotatable bonds is 6. The van der Waals surface area contributed by atoms with Gasteiger partial charge in [0, 0.05) is 13.5 Å². The molecule has 180 valence electrons. The summed E-state index contributed by atoms with van der Waals surface area (Å²) in [6.45, 7) is 6.85. The summed E-state index contributed by atoms with van der Waals surface area (Å²) in [6.07, 6.45) is 1.94. The predicted molar refractivity (Wildman–Crippen MR) is 124 cm³/mol. The average Bonchev–Trinajstić information content (AvgIpc) is 2.79. The van der Waals surface area contributed by atoms with Crippen molar-refractivity contribution in [1.82, 2.24) is 24.4 Å². The van der Waals surface area contributed by atoms with E-state index in [1.807, 2.05) is 19.9 Å². The van der Waals surface area contributed by atoms with Crippen molar-refractivity contribution in [1.29, 1.82) is 0 Å². The first-order valence-electron chi connectivity index (χ1n) is 11.2. The highest BCUT2D eigenvalue weighted by Gasteiger charge is 2.24. The number of carboxylic acid groups (broad SMARTS) is 1. The number of ether oxygens (including phenoxy) is 1. The molecule has 0 aliphatic carbocycles. The summed E-state index contributed by atoms with van der Waals surface area (Å²) in [5.41, 5.74) is 2.85. The molecule has 0 atom stereocenters. The first kappa shape index (κ1) is 23.6. The number of fused-ring (bicyclic) bond motifs is 2. The minimum absolute atomic E-state index is 0.0100. The molecular weight excluding hydrogens is 442 g/mol. The molecule has 0 radical (unpaired) electrons. The number of hydrogen-bond donors (Lipinski definition) is 2. The lowest BCUT2D eigenvalue weighted by molar-refractivity contribution is -0.145. The molecule has 0 unspecified atom stereocenters. The van der Waals surface area contributed by atoms with Crippen LogP contribution in [0.15, 0.2) is 15.7 Å². The topological polar surface area (TPSA) is 147 Å². The minimum atomic E-state index is -0.737. The molecule has 3 heterocycles. The van der Waals surface area contributed by atoms with Crippen molar-refractivity contribution in [3.63, 3.8) is 0 Å². The van der Waals surface area contributed by atoms with Crippen molar-refractivity contribution < 1.29 is 19.4 Å². The summed E-state index contributed by atoms with van der Waals surface area (Å²) in [5, 5.41) is 9.21. The Balaban J connectivity index is 1.70. The maximum absolute atomic E-state index is 12.8. The lowest BCUT2D eigenvalue weighted by Gasteiger charge is -2.30. The number of H-pyrrole nitrogens is 1. The maximum Gasteiger partial charge on any atom is 0.332 e. The van der Waals surface area contributed by atoms with E-state index in [9.17, 15) is 24.3 Å². The van der Waals surface area contributed by atoms with Gasteiger partial charge in [0.2, 0.25) is 0 Å². The van der Waals surface area contributed by atoms with Crippen LogP contribution in [0.2, 0.25) is 0 Å². The summed E-state index contributed by atoms with van der Waals surface area (Å²) in [4.78, 5) is 61.5. The minimum Gasteiger partial charge on any atom is -0.481 e. The molecule has 34 heavy (non-hydrogen) atoms. The van der Waals surface area contributed by atoms with Gasteiger partial charge >= 0.3 is 17.6 Å². The number of aromatic nitrogens is 4. The van der Waals surface area contributed by atoms with Crippen LogP contribution in [0.25, 0.3) is 22.2 Å². The molecule has 4 rings (SSSR count). The molecule has 1 aliphatic rings. The zero-order valence-electron chi connectivity index (χ0n) is 19.4. The van der Waals surface area contributed by atoms with Gasteiger partial charge < -0.3 is 14.7 Å². The number of aryl methyl sites for hydroxylation is 1. The first-order valence-corrected chi connectivity index (χ1v) is 11.2. The van der Waals surface area contributed by atoms with Crippen LogP contribution in [0.3, 0.4) is 0 Å². The van der Waals surface area contributed by atoms with Gasteiger partial charge in [-0.1, -0.05) is 0 Å². The molecule has 0 saturated carbocycles. The summed E-state index contributed by atoms with van der Waals surface area (Å²) in [6, 6.07) is 1.86. The molecule has 0 bridgehead atoms. The number of aliphatic carboxylic acids is 1. The number of carbonyl (C=O) groups excluding carboxylic acids is 1. The third kappa shape index (κ3) is 4.56. The SMILES string of the molecule is CC(=O)OCn1c(=O)[nH]c2nc3c(CCN4CCC(C(=O)O)CC4)c(C)c(C)cc3nc2c1=O. The number of nitrogens with one attached hydrogen (secondary N) is 1. The lowest BCUT2D eigenvalue weighted by Crippen LogP contribution is -2.37. The zero-order chi connectivity index (χ0) is 24.6. The van der Waals surface area contributed by atoms with E-state index in [1.54, 1.807) is 0 Å². The largest absolute Gasteiger partial charge is 0.481 e. The van der Waals surface area contributed by atoms with E-state index < -0.39 is 29.9 Å². The monoisotopic (exact) mass is 469 g/mol. The Morgan fingerprint density at radius 3 is 2.53 bits per heavy atom. The van der Waals surface area contributed by atoms with Gasteiger partial charge in [0.05, 0.1) is 17.0 Å². The molecule has 3 aromatic rings. The number of carbonyl (C=O) groups is 2. The second kappa shape index (κ2) is 9.34. The predicted octanol–water partition coefficient (Wildman–Crippen LogP) is 1.11. The smallest absolute Gasteiger partial charge is 0.332 e. The number of piperidine rings is 1. The van der Waals surface area contributed by atoms with E-state index in [4.69, 9.17) is 4.74 Å². The Morgan fingerprint density at radius 2 is 1.88 bits per heavy atom. The van der Waals surface area contributed by atoms with E-state index in [0.29, 0.717) is 30.3 Å². The van der Waals surface area contributed by atoms with Crippen LogP contribution in [0, 0.1) is 19.8 Å². The Labute approximate surface area is 194 Å². The van der Waals surface area contributed by atoms with Crippen molar-refractivity contribution in [2.75, 3.05) is 19.6 Å². The maximum atomic E-state index is 12.8. The Morgan fingerprint density at radius 1 is 1.18 bits per heavy atom. The Bertz CT molecular complexity index is 1400. The molecule has 1 aromatic carbocycles. The summed E-state index contributed by atoms with van der Waals surface area (Å²) >= 11 is 0. The van der Waals surface area contributed by atoms with Crippen LogP contribution < -0.4 is 11.2 Å². The molecule has 11 heteroatoms. The first-order chi connectivity index (χ1) is 16.2. The van der Waals surface area contributed by atoms with Crippen LogP contribution >= 0.6 is 0 Å². The summed E-state index contributed by atoms with van der Waals surface area (Å²) in [5.74, 6) is -1.63. The zero-order valence-corrected chi connectivity index (χ0v) is 19.4. The second-order valence-electron chi connectivity index (χ2n) is 8.72. The highest BCUT2D eigenvalue weighted by Crippen LogP contribution is 2.25. The van der Waals surface area contributed by atoms with Crippen molar-refractivity contribution in [3.05, 3.63) is 43.6 Å². The summed E-state index contributed by atoms with van der Waals surface area (Å²) < 4.78 is 5.58. The van der Waals surface area contributed by atoms with E-state index in [1.165, 1.54) is 6.92 Å². The number of nitrogens with zero attached hydrogens (tertiary/aromatic N) is 4. The molecule has 11 nitrogen and oxygen atoms in total. The Hall–Kier alpha value is -3.60. The van der Waals surface area contributed by atoms with Crippen molar-refractivity contribution >= 4 is 34.1 Å². The van der Waals surface area contributed by atoms with Gasteiger partial charge in [0.25, 0.3) is 5.56 Å². The van der Waals surface area contributed by atoms with E-state index in [0.717, 1.165) is 40.9 Å². The molecule has 2 N–H and O–H groups in total. The number of benzene rings is 1. The molecule has 2 aromatic heterocycles. The fraction of sp³-hybridized carbons (Fsp3) is 0.478. The number of esters is 1. The van der Waals surface area contributed by atoms with Gasteiger partial charge in [0.1, 0.15) is 0 Å². The highest BCUT2D eigenvalue weighted by molar-refractivity contribution is 5.87. The van der Waals surface area contributed by atoms with Crippen molar-refractivity contribution in [2.24, 2.45) is 5.92 Å². The van der Waals surface area contributed by atoms with Gasteiger partial charge in [-0.05, 0) is 69.0 Å². The van der Waals surface area contributed by atoms with Crippen LogP contribution in [-0.2, 0) is 27.5 Å². The lowest BCUT2D eigenvalue weighted by atomic mass is 9.95. The molecule has 0 spiro atoms. The van der Waals surface area contributed by atoms with Crippen molar-refractivity contribution in [3.8, 4) is 0 Å². The Kier molecular flexibility index (Phi) is 6.47. The quantitative estimate of drug-likeness (QED) is 0.400. The van der Waals surface area contributed by atoms with Crippen LogP contribution in [0.1, 0.15) is 36.5 Å². The van der Waals surface area contributed by atoms with Gasteiger partial charge in [-0.15, -0.1) is 0 Å². The van der Waals surface area contributed by atoms with E-state index in [2.05, 4.69) is 19.9 Å². The van der Waals surface area contributed by atoms with Crippen LogP contribution in [-0.4, -0.2) is 61.1 Å². The fourth-order valence-corrected chi connectivity index (χ4v) is 4.38. The fourth-order valence-electron chi connectivity index (χ4n) is 4.38. The number of hydrogen-bond acceptors (Lipinski definition) is 8. The molecule has 1 saturated heterocycles. The molecule has 1 fully saturated rings. The van der Waals surface area contributed by atoms with Gasteiger partial charge in [-0.25, -0.2) is 19.3 Å². The normalized spacial score (nSPS) is 15.1. The van der Waals surface area contributed by atoms with Gasteiger partial charge in [0.15, 0.2) is 17.9 Å². The standard InChI is InChI=1S/C23H27N5O6/c1-12-10-17-18(16(13(12)2)6-9-27-7-4-15(5-8-27)22(31)32)25-20-19(24-17)21(30)28(23(33)26-20)11-34-14(3)29/h10,15H,4-9,11H2,1-3H3,(H,31,32)(H,25,26,33). The van der Waals surface area contributed by atoms with E-state index >= 15 is 0 Å².